The average Bonchev–Trinajstić information content (AvgIpc) is 3.58. The van der Waals surface area contributed by atoms with Crippen LogP contribution in [-0.2, 0) is 5.41 Å². The van der Waals surface area contributed by atoms with Gasteiger partial charge in [0.1, 0.15) is 11.5 Å². The normalized spacial score (nSPS) is 12.4. The first-order valence-corrected chi connectivity index (χ1v) is 18.9. The summed E-state index contributed by atoms with van der Waals surface area (Å²) in [5.74, 6) is 3.36. The Kier molecular flexibility index (Phi) is 8.34. The van der Waals surface area contributed by atoms with Gasteiger partial charge in [-0.3, -0.25) is 0 Å². The molecular weight excluding hydrogens is 683 g/mol. The van der Waals surface area contributed by atoms with Crippen LogP contribution in [0.2, 0.25) is 0 Å². The van der Waals surface area contributed by atoms with Gasteiger partial charge in [-0.05, 0) is 87.0 Å². The van der Waals surface area contributed by atoms with E-state index in [1.165, 1.54) is 33.4 Å². The fourth-order valence-electron chi connectivity index (χ4n) is 8.09. The van der Waals surface area contributed by atoms with Gasteiger partial charge in [0.25, 0.3) is 0 Å². The molecule has 0 N–H and O–H groups in total. The molecule has 0 saturated carbocycles. The van der Waals surface area contributed by atoms with E-state index >= 15 is 0 Å². The van der Waals surface area contributed by atoms with E-state index in [9.17, 15) is 0 Å². The topological polar surface area (TPSA) is 47.9 Å². The molecule has 0 spiro atoms. The third-order valence-corrected chi connectivity index (χ3v) is 10.7. The monoisotopic (exact) mass is 717 g/mol. The lowest BCUT2D eigenvalue weighted by Crippen LogP contribution is -2.28. The molecule has 0 amide bonds. The quantitative estimate of drug-likeness (QED) is 0.157. The minimum atomic E-state index is -0.437. The second kappa shape index (κ2) is 14.1. The Bertz CT molecular complexity index is 2690. The number of hydrogen-bond acceptors (Lipinski definition) is 4. The number of ether oxygens (including phenoxy) is 1. The Hall–Kier alpha value is -7.43. The highest BCUT2D eigenvalue weighted by Crippen LogP contribution is 2.56. The Morgan fingerprint density at radius 2 is 0.696 bits per heavy atom. The lowest BCUT2D eigenvalue weighted by molar-refractivity contribution is 0.483. The van der Waals surface area contributed by atoms with Crippen LogP contribution < -0.4 is 4.74 Å². The van der Waals surface area contributed by atoms with Crippen LogP contribution in [0.4, 0.5) is 0 Å². The van der Waals surface area contributed by atoms with Gasteiger partial charge >= 0.3 is 0 Å². The molecule has 1 aliphatic carbocycles. The summed E-state index contributed by atoms with van der Waals surface area (Å²) in [4.78, 5) is 14.5. The zero-order valence-electron chi connectivity index (χ0n) is 30.5. The maximum Gasteiger partial charge on any atom is 0.164 e. The third kappa shape index (κ3) is 5.85. The summed E-state index contributed by atoms with van der Waals surface area (Å²) in [6, 6.07) is 73.9. The van der Waals surface area contributed by atoms with E-state index in [0.717, 1.165) is 39.3 Å². The molecule has 1 aromatic heterocycles. The minimum absolute atomic E-state index is 0.437. The number of hydrogen-bond donors (Lipinski definition) is 0. The molecule has 0 bridgehead atoms. The van der Waals surface area contributed by atoms with E-state index < -0.39 is 5.41 Å². The van der Waals surface area contributed by atoms with Crippen molar-refractivity contribution in [2.45, 2.75) is 5.41 Å². The highest BCUT2D eigenvalue weighted by atomic mass is 16.5. The number of fused-ring (bicyclic) bond motifs is 3. The molecule has 0 radical (unpaired) electrons. The standard InChI is InChI=1S/C52H35N3O/c1-5-15-37(16-6-1)49-53-50(38-17-7-2-8-18-38)55-51(54-49)39-27-32-44(33-28-39)56-43-30-25-36(26-31-43)40-29-34-46-45-23-13-14-24-47(45)52(48(46)35-40,41-19-9-3-10-20-41)42-21-11-4-12-22-42/h1-35H. The fourth-order valence-corrected chi connectivity index (χ4v) is 8.09. The summed E-state index contributed by atoms with van der Waals surface area (Å²) in [5, 5.41) is 0. The first-order valence-electron chi connectivity index (χ1n) is 18.9. The van der Waals surface area contributed by atoms with Gasteiger partial charge in [-0.2, -0.15) is 0 Å². The van der Waals surface area contributed by atoms with E-state index in [1.54, 1.807) is 0 Å². The van der Waals surface area contributed by atoms with Crippen LogP contribution in [0.3, 0.4) is 0 Å². The summed E-state index contributed by atoms with van der Waals surface area (Å²) in [6.45, 7) is 0. The van der Waals surface area contributed by atoms with Crippen molar-refractivity contribution in [1.29, 1.82) is 0 Å². The largest absolute Gasteiger partial charge is 0.457 e. The molecule has 8 aromatic carbocycles. The van der Waals surface area contributed by atoms with E-state index in [4.69, 9.17) is 19.7 Å². The zero-order valence-corrected chi connectivity index (χ0v) is 30.5. The molecule has 10 rings (SSSR count). The van der Waals surface area contributed by atoms with E-state index in [1.807, 2.05) is 97.1 Å². The van der Waals surface area contributed by atoms with E-state index in [-0.39, 0.29) is 0 Å². The first kappa shape index (κ1) is 33.2. The third-order valence-electron chi connectivity index (χ3n) is 10.7. The SMILES string of the molecule is c1ccc(-c2nc(-c3ccccc3)nc(-c3ccc(Oc4ccc(-c5ccc6c(c5)C(c5ccccc5)(c5ccccc5)c5ccccc5-6)cc4)cc3)n2)cc1. The molecule has 0 atom stereocenters. The molecule has 0 fully saturated rings. The van der Waals surface area contributed by atoms with Crippen LogP contribution in [0.25, 0.3) is 56.4 Å². The maximum atomic E-state index is 6.36. The number of nitrogens with zero attached hydrogens (tertiary/aromatic N) is 3. The predicted octanol–water partition coefficient (Wildman–Crippen LogP) is 12.7. The Balaban J connectivity index is 0.952. The van der Waals surface area contributed by atoms with Gasteiger partial charge in [0.15, 0.2) is 17.5 Å². The van der Waals surface area contributed by atoms with Crippen LogP contribution >= 0.6 is 0 Å². The van der Waals surface area contributed by atoms with E-state index in [2.05, 4.69) is 115 Å². The van der Waals surface area contributed by atoms with Gasteiger partial charge < -0.3 is 4.74 Å². The molecule has 0 aliphatic heterocycles. The summed E-state index contributed by atoms with van der Waals surface area (Å²) in [6.07, 6.45) is 0. The van der Waals surface area contributed by atoms with Crippen molar-refractivity contribution in [3.63, 3.8) is 0 Å². The van der Waals surface area contributed by atoms with Gasteiger partial charge in [0.2, 0.25) is 0 Å². The average molecular weight is 718 g/mol. The second-order valence-corrected chi connectivity index (χ2v) is 14.0. The second-order valence-electron chi connectivity index (χ2n) is 14.0. The Morgan fingerprint density at radius 3 is 1.21 bits per heavy atom. The van der Waals surface area contributed by atoms with Crippen molar-refractivity contribution in [3.8, 4) is 67.9 Å². The number of benzene rings is 8. The van der Waals surface area contributed by atoms with Crippen molar-refractivity contribution < 1.29 is 4.74 Å². The predicted molar refractivity (Wildman–Crippen MR) is 225 cm³/mol. The van der Waals surface area contributed by atoms with Gasteiger partial charge in [-0.15, -0.1) is 0 Å². The lowest BCUT2D eigenvalue weighted by atomic mass is 9.67. The number of aromatic nitrogens is 3. The first-order chi connectivity index (χ1) is 27.7. The van der Waals surface area contributed by atoms with Crippen molar-refractivity contribution in [2.24, 2.45) is 0 Å². The highest BCUT2D eigenvalue weighted by Gasteiger charge is 2.46. The highest BCUT2D eigenvalue weighted by molar-refractivity contribution is 5.88. The lowest BCUT2D eigenvalue weighted by Gasteiger charge is -2.34. The summed E-state index contributed by atoms with van der Waals surface area (Å²) in [7, 11) is 0. The molecule has 264 valence electrons. The Labute approximate surface area is 326 Å². The van der Waals surface area contributed by atoms with Gasteiger partial charge in [0.05, 0.1) is 5.41 Å². The molecule has 4 nitrogen and oxygen atoms in total. The molecule has 4 heteroatoms. The van der Waals surface area contributed by atoms with Gasteiger partial charge in [0, 0.05) is 16.7 Å². The van der Waals surface area contributed by atoms with Crippen LogP contribution in [-0.4, -0.2) is 15.0 Å². The molecule has 1 heterocycles. The molecular formula is C52H35N3O. The molecule has 0 unspecified atom stereocenters. The molecule has 1 aliphatic rings. The van der Waals surface area contributed by atoms with Crippen LogP contribution in [0.15, 0.2) is 212 Å². The van der Waals surface area contributed by atoms with Crippen molar-refractivity contribution in [1.82, 2.24) is 15.0 Å². The van der Waals surface area contributed by atoms with Gasteiger partial charge in [-0.1, -0.05) is 170 Å². The number of rotatable bonds is 8. The Morgan fingerprint density at radius 1 is 0.304 bits per heavy atom. The minimum Gasteiger partial charge on any atom is -0.457 e. The van der Waals surface area contributed by atoms with Crippen molar-refractivity contribution >= 4 is 0 Å². The summed E-state index contributed by atoms with van der Waals surface area (Å²) in [5.41, 5.74) is 12.3. The molecule has 0 saturated heterocycles. The van der Waals surface area contributed by atoms with Gasteiger partial charge in [-0.25, -0.2) is 15.0 Å². The maximum absolute atomic E-state index is 6.36. The van der Waals surface area contributed by atoms with Crippen LogP contribution in [0.1, 0.15) is 22.3 Å². The summed E-state index contributed by atoms with van der Waals surface area (Å²) >= 11 is 0. The fraction of sp³-hybridized carbons (Fsp3) is 0.0192. The zero-order chi connectivity index (χ0) is 37.3. The van der Waals surface area contributed by atoms with Crippen molar-refractivity contribution in [3.05, 3.63) is 235 Å². The molecule has 9 aromatic rings. The van der Waals surface area contributed by atoms with Crippen LogP contribution in [0, 0.1) is 0 Å². The van der Waals surface area contributed by atoms with Crippen LogP contribution in [0.5, 0.6) is 11.5 Å². The summed E-state index contributed by atoms with van der Waals surface area (Å²) < 4.78 is 6.36. The smallest absolute Gasteiger partial charge is 0.164 e. The van der Waals surface area contributed by atoms with E-state index in [0.29, 0.717) is 17.5 Å². The molecule has 56 heavy (non-hydrogen) atoms. The van der Waals surface area contributed by atoms with Crippen molar-refractivity contribution in [2.75, 3.05) is 0 Å².